The normalized spacial score (nSPS) is 35.0. The van der Waals surface area contributed by atoms with E-state index in [0.29, 0.717) is 19.1 Å². The lowest BCUT2D eigenvalue weighted by Crippen LogP contribution is -2.58. The number of aliphatic hydroxyl groups is 1. The van der Waals surface area contributed by atoms with E-state index in [1.165, 1.54) is 0 Å². The third-order valence-corrected chi connectivity index (χ3v) is 5.08. The Morgan fingerprint density at radius 1 is 1.35 bits per heavy atom. The molecular weight excluding hydrogens is 258 g/mol. The van der Waals surface area contributed by atoms with Gasteiger partial charge in [0.1, 0.15) is 0 Å². The Labute approximate surface area is 120 Å². The Hall–Kier alpha value is -0.690. The first-order chi connectivity index (χ1) is 9.76. The van der Waals surface area contributed by atoms with Gasteiger partial charge in [-0.25, -0.2) is 0 Å². The van der Waals surface area contributed by atoms with Crippen molar-refractivity contribution in [1.82, 2.24) is 15.1 Å². The largest absolute Gasteiger partial charge is 0.395 e. The number of nitrogens with zero attached hydrogens (tertiary/aromatic N) is 2. The minimum atomic E-state index is -0.322. The minimum absolute atomic E-state index is 0.192. The molecule has 6 nitrogen and oxygen atoms in total. The van der Waals surface area contributed by atoms with Gasteiger partial charge < -0.3 is 20.1 Å². The molecule has 20 heavy (non-hydrogen) atoms. The van der Waals surface area contributed by atoms with E-state index >= 15 is 0 Å². The highest BCUT2D eigenvalue weighted by Crippen LogP contribution is 2.39. The standard InChI is InChI=1S/C14H25N3O3/c18-7-6-16-2-4-17(5-3-16)13(19)14-10-15-9-12(14)1-8-20-11-14/h12,15,18H,1-11H2/t12-,14+/m1/s1. The molecule has 0 aromatic carbocycles. The van der Waals surface area contributed by atoms with E-state index in [1.54, 1.807) is 0 Å². The highest BCUT2D eigenvalue weighted by molar-refractivity contribution is 5.84. The third-order valence-electron chi connectivity index (χ3n) is 5.08. The second-order valence-corrected chi connectivity index (χ2v) is 6.18. The molecule has 6 heteroatoms. The van der Waals surface area contributed by atoms with Crippen molar-refractivity contribution in [3.8, 4) is 0 Å². The number of amides is 1. The molecule has 0 aromatic heterocycles. The summed E-state index contributed by atoms with van der Waals surface area (Å²) in [7, 11) is 0. The highest BCUT2D eigenvalue weighted by Gasteiger charge is 2.52. The second-order valence-electron chi connectivity index (χ2n) is 6.18. The molecule has 3 saturated heterocycles. The third kappa shape index (κ3) is 2.45. The van der Waals surface area contributed by atoms with Crippen molar-refractivity contribution in [2.45, 2.75) is 6.42 Å². The molecule has 3 aliphatic heterocycles. The number of nitrogens with one attached hydrogen (secondary N) is 1. The lowest BCUT2D eigenvalue weighted by Gasteiger charge is -2.43. The summed E-state index contributed by atoms with van der Waals surface area (Å²) < 4.78 is 5.63. The Bertz CT molecular complexity index is 358. The molecule has 1 amide bonds. The van der Waals surface area contributed by atoms with Gasteiger partial charge >= 0.3 is 0 Å². The SMILES string of the molecule is O=C(N1CCN(CCO)CC1)[C@]12CNC[C@H]1CCOC2. The molecule has 3 rings (SSSR count). The molecule has 0 aliphatic carbocycles. The van der Waals surface area contributed by atoms with Crippen LogP contribution in [0.5, 0.6) is 0 Å². The van der Waals surface area contributed by atoms with E-state index in [-0.39, 0.29) is 17.9 Å². The fraction of sp³-hybridized carbons (Fsp3) is 0.929. The number of β-amino-alcohol motifs (C(OH)–C–C–N with tert-alkyl or cyclic N) is 1. The van der Waals surface area contributed by atoms with Crippen LogP contribution in [0.15, 0.2) is 0 Å². The quantitative estimate of drug-likeness (QED) is 0.677. The zero-order chi connectivity index (χ0) is 14.0. The molecule has 0 saturated carbocycles. The molecule has 0 radical (unpaired) electrons. The summed E-state index contributed by atoms with van der Waals surface area (Å²) in [5.74, 6) is 0.704. The number of carbonyl (C=O) groups is 1. The van der Waals surface area contributed by atoms with Crippen molar-refractivity contribution in [1.29, 1.82) is 0 Å². The predicted octanol–water partition coefficient (Wildman–Crippen LogP) is -1.25. The lowest BCUT2D eigenvalue weighted by molar-refractivity contribution is -0.154. The van der Waals surface area contributed by atoms with Crippen LogP contribution in [-0.2, 0) is 9.53 Å². The van der Waals surface area contributed by atoms with E-state index in [1.807, 2.05) is 4.90 Å². The first-order valence-corrected chi connectivity index (χ1v) is 7.67. The van der Waals surface area contributed by atoms with Gasteiger partial charge in [-0.3, -0.25) is 9.69 Å². The summed E-state index contributed by atoms with van der Waals surface area (Å²) in [6.07, 6.45) is 0.989. The summed E-state index contributed by atoms with van der Waals surface area (Å²) >= 11 is 0. The number of carbonyl (C=O) groups excluding carboxylic acids is 1. The Morgan fingerprint density at radius 2 is 2.15 bits per heavy atom. The number of piperazine rings is 1. The Kier molecular flexibility index (Phi) is 4.26. The van der Waals surface area contributed by atoms with Crippen LogP contribution < -0.4 is 5.32 Å². The zero-order valence-corrected chi connectivity index (χ0v) is 12.0. The van der Waals surface area contributed by atoms with Gasteiger partial charge in [-0.2, -0.15) is 0 Å². The van der Waals surface area contributed by atoms with Gasteiger partial charge in [0, 0.05) is 45.9 Å². The molecular formula is C14H25N3O3. The molecule has 0 aromatic rings. The summed E-state index contributed by atoms with van der Waals surface area (Å²) in [4.78, 5) is 17.2. The van der Waals surface area contributed by atoms with Crippen LogP contribution in [0.2, 0.25) is 0 Å². The van der Waals surface area contributed by atoms with Crippen molar-refractivity contribution in [3.63, 3.8) is 0 Å². The second kappa shape index (κ2) is 5.97. The highest BCUT2D eigenvalue weighted by atomic mass is 16.5. The van der Waals surface area contributed by atoms with Crippen LogP contribution in [0.3, 0.4) is 0 Å². The fourth-order valence-electron chi connectivity index (χ4n) is 3.78. The first kappa shape index (κ1) is 14.3. The lowest BCUT2D eigenvalue weighted by atomic mass is 9.74. The molecule has 114 valence electrons. The van der Waals surface area contributed by atoms with Crippen molar-refractivity contribution in [2.75, 3.05) is 65.6 Å². The number of ether oxygens (including phenoxy) is 1. The predicted molar refractivity (Wildman–Crippen MR) is 74.3 cm³/mol. The summed E-state index contributed by atoms with van der Waals surface area (Å²) in [5.41, 5.74) is -0.322. The van der Waals surface area contributed by atoms with Crippen LogP contribution in [0.4, 0.5) is 0 Å². The fourth-order valence-corrected chi connectivity index (χ4v) is 3.78. The smallest absolute Gasteiger partial charge is 0.232 e. The van der Waals surface area contributed by atoms with E-state index in [2.05, 4.69) is 10.2 Å². The van der Waals surface area contributed by atoms with Crippen molar-refractivity contribution < 1.29 is 14.6 Å². The summed E-state index contributed by atoms with van der Waals surface area (Å²) in [5, 5.41) is 12.4. The van der Waals surface area contributed by atoms with Gasteiger partial charge in [0.05, 0.1) is 18.6 Å². The van der Waals surface area contributed by atoms with Crippen molar-refractivity contribution >= 4 is 5.91 Å². The van der Waals surface area contributed by atoms with Crippen LogP contribution in [-0.4, -0.2) is 86.4 Å². The van der Waals surface area contributed by atoms with Gasteiger partial charge in [-0.05, 0) is 18.9 Å². The van der Waals surface area contributed by atoms with Crippen molar-refractivity contribution in [3.05, 3.63) is 0 Å². The maximum absolute atomic E-state index is 13.0. The van der Waals surface area contributed by atoms with Gasteiger partial charge in [-0.15, -0.1) is 0 Å². The topological polar surface area (TPSA) is 65.0 Å². The molecule has 0 spiro atoms. The summed E-state index contributed by atoms with van der Waals surface area (Å²) in [6, 6.07) is 0. The van der Waals surface area contributed by atoms with E-state index < -0.39 is 0 Å². The van der Waals surface area contributed by atoms with Gasteiger partial charge in [0.15, 0.2) is 0 Å². The average Bonchev–Trinajstić information content (AvgIpc) is 2.92. The Balaban J connectivity index is 1.64. The van der Waals surface area contributed by atoms with Crippen LogP contribution in [0.25, 0.3) is 0 Å². The van der Waals surface area contributed by atoms with Crippen LogP contribution in [0, 0.1) is 11.3 Å². The molecule has 2 N–H and O–H groups in total. The maximum Gasteiger partial charge on any atom is 0.232 e. The molecule has 3 fully saturated rings. The van der Waals surface area contributed by atoms with Gasteiger partial charge in [0.25, 0.3) is 0 Å². The number of hydrogen-bond donors (Lipinski definition) is 2. The summed E-state index contributed by atoms with van der Waals surface area (Å²) in [6.45, 7) is 7.22. The monoisotopic (exact) mass is 283 g/mol. The van der Waals surface area contributed by atoms with Crippen molar-refractivity contribution in [2.24, 2.45) is 11.3 Å². The first-order valence-electron chi connectivity index (χ1n) is 7.67. The molecule has 0 bridgehead atoms. The minimum Gasteiger partial charge on any atom is -0.395 e. The molecule has 0 unspecified atom stereocenters. The van der Waals surface area contributed by atoms with E-state index in [4.69, 9.17) is 9.84 Å². The van der Waals surface area contributed by atoms with Gasteiger partial charge in [-0.1, -0.05) is 0 Å². The van der Waals surface area contributed by atoms with Crippen LogP contribution in [0.1, 0.15) is 6.42 Å². The van der Waals surface area contributed by atoms with Crippen LogP contribution >= 0.6 is 0 Å². The zero-order valence-electron chi connectivity index (χ0n) is 12.0. The molecule has 3 heterocycles. The number of rotatable bonds is 3. The van der Waals surface area contributed by atoms with Gasteiger partial charge in [0.2, 0.25) is 5.91 Å². The molecule has 3 aliphatic rings. The Morgan fingerprint density at radius 3 is 2.90 bits per heavy atom. The van der Waals surface area contributed by atoms with E-state index in [9.17, 15) is 4.79 Å². The number of fused-ring (bicyclic) bond motifs is 1. The average molecular weight is 283 g/mol. The molecule has 2 atom stereocenters. The number of hydrogen-bond acceptors (Lipinski definition) is 5. The van der Waals surface area contributed by atoms with E-state index in [0.717, 1.165) is 52.3 Å². The maximum atomic E-state index is 13.0. The number of aliphatic hydroxyl groups excluding tert-OH is 1.